The SMILES string of the molecule is CCOc1cncc(-c2cc(CN3CCN(c4ccc(C(=O)NCC(F)(F)F)nn4)CC3)cc(OC(C)C)c2)c1. The molecule has 1 aliphatic rings. The Morgan fingerprint density at radius 3 is 2.40 bits per heavy atom. The van der Waals surface area contributed by atoms with Gasteiger partial charge in [0.05, 0.1) is 18.9 Å². The number of hydrogen-bond donors (Lipinski definition) is 1. The Labute approximate surface area is 231 Å². The zero-order chi connectivity index (χ0) is 28.7. The van der Waals surface area contributed by atoms with Gasteiger partial charge in [0, 0.05) is 44.5 Å². The highest BCUT2D eigenvalue weighted by Crippen LogP contribution is 2.29. The third kappa shape index (κ3) is 8.28. The van der Waals surface area contributed by atoms with Gasteiger partial charge in [0.1, 0.15) is 18.0 Å². The number of hydrogen-bond acceptors (Lipinski definition) is 8. The van der Waals surface area contributed by atoms with Gasteiger partial charge in [-0.05, 0) is 68.3 Å². The number of carbonyl (C=O) groups excluding carboxylic acids is 1. The van der Waals surface area contributed by atoms with Crippen LogP contribution in [0, 0.1) is 0 Å². The van der Waals surface area contributed by atoms with E-state index in [-0.39, 0.29) is 11.8 Å². The highest BCUT2D eigenvalue weighted by Gasteiger charge is 2.28. The molecule has 9 nitrogen and oxygen atoms in total. The lowest BCUT2D eigenvalue weighted by molar-refractivity contribution is -0.123. The zero-order valence-corrected chi connectivity index (χ0v) is 22.7. The summed E-state index contributed by atoms with van der Waals surface area (Å²) in [5, 5.41) is 9.68. The van der Waals surface area contributed by atoms with Crippen LogP contribution in [-0.4, -0.2) is 77.6 Å². The smallest absolute Gasteiger partial charge is 0.405 e. The van der Waals surface area contributed by atoms with Crippen molar-refractivity contribution < 1.29 is 27.4 Å². The van der Waals surface area contributed by atoms with Gasteiger partial charge < -0.3 is 19.7 Å². The molecule has 1 saturated heterocycles. The first-order valence-electron chi connectivity index (χ1n) is 13.1. The van der Waals surface area contributed by atoms with E-state index < -0.39 is 18.6 Å². The molecule has 1 fully saturated rings. The molecule has 0 unspecified atom stereocenters. The number of nitrogens with zero attached hydrogens (tertiary/aromatic N) is 5. The summed E-state index contributed by atoms with van der Waals surface area (Å²) in [5.74, 6) is 1.16. The van der Waals surface area contributed by atoms with E-state index >= 15 is 0 Å². The van der Waals surface area contributed by atoms with Crippen LogP contribution in [0.1, 0.15) is 36.8 Å². The van der Waals surface area contributed by atoms with Crippen LogP contribution in [0.2, 0.25) is 0 Å². The largest absolute Gasteiger partial charge is 0.492 e. The van der Waals surface area contributed by atoms with Gasteiger partial charge in [-0.15, -0.1) is 10.2 Å². The normalized spacial score (nSPS) is 14.3. The Morgan fingerprint density at radius 1 is 1.00 bits per heavy atom. The molecule has 3 aromatic rings. The Hall–Kier alpha value is -3.93. The number of piperazine rings is 1. The summed E-state index contributed by atoms with van der Waals surface area (Å²) in [6, 6.07) is 11.2. The fraction of sp³-hybridized carbons (Fsp3) is 0.429. The molecule has 0 atom stereocenters. The maximum Gasteiger partial charge on any atom is 0.405 e. The van der Waals surface area contributed by atoms with Crippen molar-refractivity contribution in [1.82, 2.24) is 25.4 Å². The van der Waals surface area contributed by atoms with E-state index in [4.69, 9.17) is 9.47 Å². The van der Waals surface area contributed by atoms with Crippen LogP contribution in [0.3, 0.4) is 0 Å². The van der Waals surface area contributed by atoms with Crippen LogP contribution in [0.15, 0.2) is 48.8 Å². The summed E-state index contributed by atoms with van der Waals surface area (Å²) in [5.41, 5.74) is 2.89. The minimum Gasteiger partial charge on any atom is -0.492 e. The van der Waals surface area contributed by atoms with Crippen molar-refractivity contribution in [3.63, 3.8) is 0 Å². The number of nitrogens with one attached hydrogen (secondary N) is 1. The molecule has 4 rings (SSSR count). The second-order valence-corrected chi connectivity index (χ2v) is 9.71. The van der Waals surface area contributed by atoms with E-state index in [1.165, 1.54) is 6.07 Å². The Morgan fingerprint density at radius 2 is 1.75 bits per heavy atom. The lowest BCUT2D eigenvalue weighted by Gasteiger charge is -2.35. The fourth-order valence-corrected chi connectivity index (χ4v) is 4.36. The molecule has 1 aliphatic heterocycles. The summed E-state index contributed by atoms with van der Waals surface area (Å²) in [4.78, 5) is 20.6. The minimum absolute atomic E-state index is 0.0303. The number of aromatic nitrogens is 3. The standard InChI is InChI=1S/C28H33F3N6O3/c1-4-39-24-14-22(15-32-16-24)21-11-20(12-23(13-21)40-19(2)3)17-36-7-9-37(10-8-36)26-6-5-25(34-35-26)27(38)33-18-28(29,30)31/h5-6,11-16,19H,4,7-10,17-18H2,1-3H3,(H,33,38). The van der Waals surface area contributed by atoms with Crippen LogP contribution in [0.25, 0.3) is 11.1 Å². The number of alkyl halides is 3. The van der Waals surface area contributed by atoms with Crippen LogP contribution < -0.4 is 19.7 Å². The van der Waals surface area contributed by atoms with Gasteiger partial charge in [0.15, 0.2) is 11.5 Å². The number of amides is 1. The molecule has 1 N–H and O–H groups in total. The molecule has 2 aromatic heterocycles. The number of rotatable bonds is 10. The molecule has 0 aliphatic carbocycles. The lowest BCUT2D eigenvalue weighted by Crippen LogP contribution is -2.46. The van der Waals surface area contributed by atoms with Gasteiger partial charge in [-0.25, -0.2) is 0 Å². The van der Waals surface area contributed by atoms with Crippen LogP contribution in [0.5, 0.6) is 11.5 Å². The number of ether oxygens (including phenoxy) is 2. The second kappa shape index (κ2) is 12.9. The van der Waals surface area contributed by atoms with E-state index in [1.807, 2.05) is 44.0 Å². The quantitative estimate of drug-likeness (QED) is 0.393. The number of halogens is 3. The van der Waals surface area contributed by atoms with E-state index in [2.05, 4.69) is 32.2 Å². The van der Waals surface area contributed by atoms with Crippen molar-refractivity contribution in [2.75, 3.05) is 44.2 Å². The van der Waals surface area contributed by atoms with Gasteiger partial charge >= 0.3 is 6.18 Å². The van der Waals surface area contributed by atoms with E-state index in [1.54, 1.807) is 17.6 Å². The number of carbonyl (C=O) groups is 1. The molecule has 214 valence electrons. The second-order valence-electron chi connectivity index (χ2n) is 9.71. The van der Waals surface area contributed by atoms with Crippen molar-refractivity contribution in [3.05, 3.63) is 60.0 Å². The van der Waals surface area contributed by atoms with Crippen molar-refractivity contribution in [2.45, 2.75) is 39.6 Å². The molecule has 1 aromatic carbocycles. The first-order chi connectivity index (χ1) is 19.1. The molecular formula is C28H33F3N6O3. The predicted molar refractivity (Wildman–Crippen MR) is 145 cm³/mol. The van der Waals surface area contributed by atoms with Crippen molar-refractivity contribution in [3.8, 4) is 22.6 Å². The molecule has 0 bridgehead atoms. The van der Waals surface area contributed by atoms with Gasteiger partial charge in [-0.2, -0.15) is 13.2 Å². The Bertz CT molecular complexity index is 1280. The first-order valence-corrected chi connectivity index (χ1v) is 13.1. The van der Waals surface area contributed by atoms with E-state index in [9.17, 15) is 18.0 Å². The molecule has 12 heteroatoms. The Balaban J connectivity index is 1.39. The van der Waals surface area contributed by atoms with Gasteiger partial charge in [-0.3, -0.25) is 14.7 Å². The van der Waals surface area contributed by atoms with Gasteiger partial charge in [0.2, 0.25) is 0 Å². The van der Waals surface area contributed by atoms with E-state index in [0.29, 0.717) is 31.3 Å². The van der Waals surface area contributed by atoms with E-state index in [0.717, 1.165) is 42.1 Å². The van der Waals surface area contributed by atoms with Crippen molar-refractivity contribution in [1.29, 1.82) is 0 Å². The van der Waals surface area contributed by atoms with Crippen LogP contribution >= 0.6 is 0 Å². The van der Waals surface area contributed by atoms with Crippen molar-refractivity contribution in [2.24, 2.45) is 0 Å². The number of benzene rings is 1. The van der Waals surface area contributed by atoms with Crippen LogP contribution in [0.4, 0.5) is 19.0 Å². The van der Waals surface area contributed by atoms with Crippen LogP contribution in [-0.2, 0) is 6.54 Å². The first kappa shape index (κ1) is 29.1. The average Bonchev–Trinajstić information content (AvgIpc) is 2.92. The monoisotopic (exact) mass is 558 g/mol. The zero-order valence-electron chi connectivity index (χ0n) is 22.7. The molecule has 0 saturated carbocycles. The maximum atomic E-state index is 12.3. The third-order valence-electron chi connectivity index (χ3n) is 6.13. The van der Waals surface area contributed by atoms with Gasteiger partial charge in [-0.1, -0.05) is 0 Å². The summed E-state index contributed by atoms with van der Waals surface area (Å²) in [6.07, 6.45) is -0.949. The summed E-state index contributed by atoms with van der Waals surface area (Å²) < 4.78 is 48.7. The van der Waals surface area contributed by atoms with Crippen molar-refractivity contribution >= 4 is 11.7 Å². The highest BCUT2D eigenvalue weighted by atomic mass is 19.4. The topological polar surface area (TPSA) is 92.7 Å². The summed E-state index contributed by atoms with van der Waals surface area (Å²) in [6.45, 7) is 8.69. The molecule has 40 heavy (non-hydrogen) atoms. The molecule has 3 heterocycles. The number of anilines is 1. The lowest BCUT2D eigenvalue weighted by atomic mass is 10.0. The predicted octanol–water partition coefficient (Wildman–Crippen LogP) is 4.34. The fourth-order valence-electron chi connectivity index (χ4n) is 4.36. The highest BCUT2D eigenvalue weighted by molar-refractivity contribution is 5.92. The molecule has 0 spiro atoms. The third-order valence-corrected chi connectivity index (χ3v) is 6.13. The Kier molecular flexibility index (Phi) is 9.41. The summed E-state index contributed by atoms with van der Waals surface area (Å²) >= 11 is 0. The molecule has 0 radical (unpaired) electrons. The average molecular weight is 559 g/mol. The van der Waals surface area contributed by atoms with Gasteiger partial charge in [0.25, 0.3) is 5.91 Å². The number of pyridine rings is 1. The minimum atomic E-state index is -4.49. The maximum absolute atomic E-state index is 12.3. The molecule has 1 amide bonds. The summed E-state index contributed by atoms with van der Waals surface area (Å²) in [7, 11) is 0. The molecular weight excluding hydrogens is 525 g/mol.